The lowest BCUT2D eigenvalue weighted by atomic mass is 9.84. The normalized spacial score (nSPS) is 18.1. The fraction of sp³-hybridized carbons (Fsp3) is 0.259. The smallest absolute Gasteiger partial charge is 0.414 e. The van der Waals surface area contributed by atoms with Gasteiger partial charge in [-0.25, -0.2) is 9.59 Å². The van der Waals surface area contributed by atoms with Gasteiger partial charge in [-0.15, -0.1) is 11.3 Å². The number of carboxylic acids is 2. The van der Waals surface area contributed by atoms with E-state index in [1.807, 2.05) is 42.6 Å². The number of rotatable bonds is 6. The molecule has 0 bridgehead atoms. The number of hydrogen-bond donors (Lipinski definition) is 5. The van der Waals surface area contributed by atoms with Gasteiger partial charge in [-0.1, -0.05) is 23.7 Å². The van der Waals surface area contributed by atoms with Gasteiger partial charge in [0.1, 0.15) is 12.4 Å². The van der Waals surface area contributed by atoms with E-state index in [9.17, 15) is 5.11 Å². The molecular weight excluding hydrogens is 516 g/mol. The SMILES string of the molecule is CC1(C[C@H](O)COc2cccc3[nH]ccc23)CC(c2cc3cc(Cl)ccc3s2)=CCN1.O=C(O)C(=O)O. The molecule has 2 aromatic heterocycles. The minimum absolute atomic E-state index is 0.194. The lowest BCUT2D eigenvalue weighted by Crippen LogP contribution is -2.48. The summed E-state index contributed by atoms with van der Waals surface area (Å²) >= 11 is 7.95. The molecule has 1 aliphatic heterocycles. The zero-order valence-electron chi connectivity index (χ0n) is 20.0. The summed E-state index contributed by atoms with van der Waals surface area (Å²) in [6.45, 7) is 3.24. The van der Waals surface area contributed by atoms with Gasteiger partial charge in [0.15, 0.2) is 0 Å². The third-order valence-electron chi connectivity index (χ3n) is 6.11. The highest BCUT2D eigenvalue weighted by molar-refractivity contribution is 7.20. The van der Waals surface area contributed by atoms with Crippen LogP contribution >= 0.6 is 22.9 Å². The van der Waals surface area contributed by atoms with Crippen LogP contribution in [-0.2, 0) is 9.59 Å². The average Bonchev–Trinajstić information content (AvgIpc) is 3.50. The van der Waals surface area contributed by atoms with E-state index in [1.54, 1.807) is 11.3 Å². The number of aliphatic hydroxyl groups excluding tert-OH is 1. The zero-order chi connectivity index (χ0) is 26.6. The Morgan fingerprint density at radius 1 is 1.16 bits per heavy atom. The van der Waals surface area contributed by atoms with E-state index in [4.69, 9.17) is 36.1 Å². The number of aromatic nitrogens is 1. The molecule has 2 aromatic carbocycles. The molecule has 2 atom stereocenters. The van der Waals surface area contributed by atoms with Gasteiger partial charge in [-0.05, 0) is 73.2 Å². The van der Waals surface area contributed by atoms with Crippen LogP contribution in [0.3, 0.4) is 0 Å². The molecule has 0 fully saturated rings. The highest BCUT2D eigenvalue weighted by atomic mass is 35.5. The van der Waals surface area contributed by atoms with Crippen molar-refractivity contribution >= 4 is 61.4 Å². The van der Waals surface area contributed by atoms with Crippen LogP contribution in [0.2, 0.25) is 5.02 Å². The molecule has 37 heavy (non-hydrogen) atoms. The molecule has 1 aliphatic rings. The molecular formula is C27H27ClN2O6S. The quantitative estimate of drug-likeness (QED) is 0.213. The van der Waals surface area contributed by atoms with Crippen molar-refractivity contribution in [1.29, 1.82) is 0 Å². The number of carbonyl (C=O) groups is 2. The number of aromatic amines is 1. The maximum absolute atomic E-state index is 10.7. The van der Waals surface area contributed by atoms with Gasteiger partial charge in [0.2, 0.25) is 0 Å². The van der Waals surface area contributed by atoms with Gasteiger partial charge >= 0.3 is 11.9 Å². The van der Waals surface area contributed by atoms with Gasteiger partial charge in [-0.2, -0.15) is 0 Å². The van der Waals surface area contributed by atoms with Crippen molar-refractivity contribution in [1.82, 2.24) is 10.3 Å². The van der Waals surface area contributed by atoms with Gasteiger partial charge in [-0.3, -0.25) is 0 Å². The topological polar surface area (TPSA) is 132 Å². The summed E-state index contributed by atoms with van der Waals surface area (Å²) in [4.78, 5) is 22.7. The Labute approximate surface area is 222 Å². The minimum Gasteiger partial charge on any atom is -0.490 e. The number of thiophene rings is 1. The van der Waals surface area contributed by atoms with Crippen LogP contribution in [-0.4, -0.2) is 57.0 Å². The summed E-state index contributed by atoms with van der Waals surface area (Å²) in [6, 6.07) is 16.2. The molecule has 194 valence electrons. The molecule has 0 saturated heterocycles. The number of aliphatic hydroxyl groups is 1. The number of fused-ring (bicyclic) bond motifs is 2. The van der Waals surface area contributed by atoms with E-state index in [0.29, 0.717) is 6.42 Å². The second-order valence-corrected chi connectivity index (χ2v) is 10.6. The molecule has 5 N–H and O–H groups in total. The summed E-state index contributed by atoms with van der Waals surface area (Å²) in [5.74, 6) is -2.85. The molecule has 5 rings (SSSR count). The van der Waals surface area contributed by atoms with Gasteiger partial charge < -0.3 is 30.4 Å². The van der Waals surface area contributed by atoms with Crippen molar-refractivity contribution in [3.05, 3.63) is 70.7 Å². The lowest BCUT2D eigenvalue weighted by Gasteiger charge is -2.36. The first kappa shape index (κ1) is 26.7. The van der Waals surface area contributed by atoms with Crippen LogP contribution < -0.4 is 10.1 Å². The number of hydrogen-bond acceptors (Lipinski definition) is 6. The van der Waals surface area contributed by atoms with Gasteiger partial charge in [0.05, 0.1) is 6.10 Å². The molecule has 8 nitrogen and oxygen atoms in total. The van der Waals surface area contributed by atoms with Crippen LogP contribution in [0.15, 0.2) is 60.8 Å². The number of halogens is 1. The predicted molar refractivity (Wildman–Crippen MR) is 146 cm³/mol. The summed E-state index contributed by atoms with van der Waals surface area (Å²) in [6.07, 6.45) is 5.06. The fourth-order valence-electron chi connectivity index (χ4n) is 4.43. The lowest BCUT2D eigenvalue weighted by molar-refractivity contribution is -0.159. The van der Waals surface area contributed by atoms with E-state index >= 15 is 0 Å². The maximum Gasteiger partial charge on any atom is 0.414 e. The van der Waals surface area contributed by atoms with Crippen molar-refractivity contribution in [2.45, 2.75) is 31.4 Å². The predicted octanol–water partition coefficient (Wildman–Crippen LogP) is 5.16. The van der Waals surface area contributed by atoms with E-state index < -0.39 is 18.0 Å². The Hall–Kier alpha value is -3.37. The Morgan fingerprint density at radius 2 is 1.95 bits per heavy atom. The molecule has 0 radical (unpaired) electrons. The van der Waals surface area contributed by atoms with Crippen molar-refractivity contribution in [3.8, 4) is 5.75 Å². The Morgan fingerprint density at radius 3 is 2.70 bits per heavy atom. The number of benzene rings is 2. The number of H-pyrrole nitrogens is 1. The largest absolute Gasteiger partial charge is 0.490 e. The van der Waals surface area contributed by atoms with Crippen LogP contribution in [0.25, 0.3) is 26.6 Å². The average molecular weight is 543 g/mol. The third kappa shape index (κ3) is 6.69. The van der Waals surface area contributed by atoms with Crippen LogP contribution in [0.1, 0.15) is 24.6 Å². The van der Waals surface area contributed by atoms with Crippen molar-refractivity contribution in [2.75, 3.05) is 13.2 Å². The number of ether oxygens (including phenoxy) is 1. The van der Waals surface area contributed by atoms with Crippen molar-refractivity contribution in [3.63, 3.8) is 0 Å². The maximum atomic E-state index is 10.7. The fourth-order valence-corrected chi connectivity index (χ4v) is 5.69. The van der Waals surface area contributed by atoms with Crippen LogP contribution in [0.5, 0.6) is 5.75 Å². The van der Waals surface area contributed by atoms with Gasteiger partial charge in [0, 0.05) is 43.8 Å². The molecule has 0 saturated carbocycles. The summed E-state index contributed by atoms with van der Waals surface area (Å²) in [5, 5.41) is 32.1. The van der Waals surface area contributed by atoms with E-state index in [2.05, 4.69) is 35.4 Å². The van der Waals surface area contributed by atoms with Crippen molar-refractivity contribution < 1.29 is 29.6 Å². The molecule has 0 spiro atoms. The van der Waals surface area contributed by atoms with E-state index in [1.165, 1.54) is 20.5 Å². The molecule has 1 unspecified atom stereocenters. The monoisotopic (exact) mass is 542 g/mol. The minimum atomic E-state index is -1.82. The zero-order valence-corrected chi connectivity index (χ0v) is 21.6. The highest BCUT2D eigenvalue weighted by Gasteiger charge is 2.31. The number of carboxylic acid groups (broad SMARTS) is 2. The molecule has 0 aliphatic carbocycles. The second-order valence-electron chi connectivity index (χ2n) is 9.11. The summed E-state index contributed by atoms with van der Waals surface area (Å²) in [5.41, 5.74) is 2.16. The first-order valence-corrected chi connectivity index (χ1v) is 12.8. The van der Waals surface area contributed by atoms with Crippen molar-refractivity contribution in [2.24, 2.45) is 0 Å². The second kappa shape index (κ2) is 11.4. The third-order valence-corrected chi connectivity index (χ3v) is 7.53. The van der Waals surface area contributed by atoms with Crippen LogP contribution in [0.4, 0.5) is 0 Å². The van der Waals surface area contributed by atoms with Gasteiger partial charge in [0.25, 0.3) is 0 Å². The Balaban J connectivity index is 0.000000480. The standard InChI is InChI=1S/C25H25ClN2O2S.C2H2O4/c1-25(14-19(29)15-30-22-4-2-3-21-20(22)8-9-27-21)13-16(7-10-28-25)24-12-17-11-18(26)5-6-23(17)31-24;3-1(4)2(5)6/h2-9,11-12,19,27-29H,10,13-15H2,1H3;(H,3,4)(H,5,6)/t19-,25?;/m0./s1. The molecule has 0 amide bonds. The van der Waals surface area contributed by atoms with E-state index in [0.717, 1.165) is 34.6 Å². The summed E-state index contributed by atoms with van der Waals surface area (Å²) in [7, 11) is 0. The first-order chi connectivity index (χ1) is 17.6. The molecule has 10 heteroatoms. The highest BCUT2D eigenvalue weighted by Crippen LogP contribution is 2.38. The molecule has 3 heterocycles. The van der Waals surface area contributed by atoms with Crippen LogP contribution in [0, 0.1) is 0 Å². The number of aliphatic carboxylic acids is 2. The number of nitrogens with one attached hydrogen (secondary N) is 2. The summed E-state index contributed by atoms with van der Waals surface area (Å²) < 4.78 is 7.21. The Kier molecular flexibility index (Phi) is 8.19. The Bertz CT molecular complexity index is 1450. The molecule has 4 aromatic rings. The first-order valence-electron chi connectivity index (χ1n) is 11.6. The van der Waals surface area contributed by atoms with E-state index in [-0.39, 0.29) is 12.1 Å².